The van der Waals surface area contributed by atoms with Crippen molar-refractivity contribution in [2.24, 2.45) is 5.92 Å². The first kappa shape index (κ1) is 19.2. The highest BCUT2D eigenvalue weighted by atomic mass is 16.5. The molecule has 6 nitrogen and oxygen atoms in total. The van der Waals surface area contributed by atoms with Crippen molar-refractivity contribution in [1.82, 2.24) is 10.2 Å². The zero-order valence-corrected chi connectivity index (χ0v) is 15.6. The number of anilines is 1. The van der Waals surface area contributed by atoms with Gasteiger partial charge in [0.1, 0.15) is 0 Å². The Balaban J connectivity index is 2.07. The molecule has 2 amide bonds. The minimum absolute atomic E-state index is 0.00351. The third kappa shape index (κ3) is 4.95. The minimum atomic E-state index is -0.158. The normalized spacial score (nSPS) is 20.2. The average Bonchev–Trinajstić information content (AvgIpc) is 2.61. The molecule has 1 fully saturated rings. The van der Waals surface area contributed by atoms with Crippen LogP contribution < -0.4 is 10.2 Å². The molecule has 0 bridgehead atoms. The number of hydrogen-bond acceptors (Lipinski definition) is 4. The Morgan fingerprint density at radius 2 is 2.08 bits per heavy atom. The van der Waals surface area contributed by atoms with Crippen molar-refractivity contribution in [3.8, 4) is 0 Å². The van der Waals surface area contributed by atoms with Crippen LogP contribution in [0.4, 0.5) is 5.69 Å². The quantitative estimate of drug-likeness (QED) is 0.797. The van der Waals surface area contributed by atoms with Crippen LogP contribution in [0.5, 0.6) is 0 Å². The molecule has 0 unspecified atom stereocenters. The molecular weight excluding hydrogens is 318 g/mol. The van der Waals surface area contributed by atoms with Gasteiger partial charge in [-0.2, -0.15) is 0 Å². The molecule has 1 saturated heterocycles. The molecule has 6 heteroatoms. The maximum Gasteiger partial charge on any atom is 0.254 e. The van der Waals surface area contributed by atoms with Gasteiger partial charge in [-0.1, -0.05) is 6.07 Å². The van der Waals surface area contributed by atoms with Crippen LogP contribution in [0.2, 0.25) is 0 Å². The van der Waals surface area contributed by atoms with Crippen LogP contribution in [0, 0.1) is 5.92 Å². The van der Waals surface area contributed by atoms with Crippen LogP contribution in [-0.4, -0.2) is 63.7 Å². The van der Waals surface area contributed by atoms with Crippen molar-refractivity contribution in [2.75, 3.05) is 45.8 Å². The molecule has 0 radical (unpaired) electrons. The predicted octanol–water partition coefficient (Wildman–Crippen LogP) is 1.76. The molecule has 138 valence electrons. The summed E-state index contributed by atoms with van der Waals surface area (Å²) in [6.45, 7) is 3.51. The molecule has 2 rings (SSSR count). The van der Waals surface area contributed by atoms with Gasteiger partial charge in [-0.3, -0.25) is 9.59 Å². The van der Waals surface area contributed by atoms with Gasteiger partial charge in [-0.05, 0) is 38.0 Å². The molecule has 1 aliphatic rings. The van der Waals surface area contributed by atoms with Crippen LogP contribution in [0.3, 0.4) is 0 Å². The number of carbonyl (C=O) groups excluding carboxylic acids is 2. The van der Waals surface area contributed by atoms with E-state index in [4.69, 9.17) is 4.74 Å². The monoisotopic (exact) mass is 347 g/mol. The minimum Gasteiger partial charge on any atom is -0.383 e. The predicted molar refractivity (Wildman–Crippen MR) is 98.9 cm³/mol. The smallest absolute Gasteiger partial charge is 0.254 e. The second-order valence-corrected chi connectivity index (χ2v) is 6.81. The van der Waals surface area contributed by atoms with Crippen LogP contribution in [-0.2, 0) is 9.53 Å². The fourth-order valence-corrected chi connectivity index (χ4v) is 3.11. The summed E-state index contributed by atoms with van der Waals surface area (Å²) >= 11 is 0. The Labute approximate surface area is 150 Å². The van der Waals surface area contributed by atoms with Crippen molar-refractivity contribution < 1.29 is 14.3 Å². The molecule has 1 aromatic carbocycles. The number of ether oxygens (including phenoxy) is 1. The third-order valence-electron chi connectivity index (χ3n) is 4.73. The molecule has 1 heterocycles. The van der Waals surface area contributed by atoms with Crippen molar-refractivity contribution in [3.63, 3.8) is 0 Å². The lowest BCUT2D eigenvalue weighted by atomic mass is 9.92. The van der Waals surface area contributed by atoms with E-state index in [0.29, 0.717) is 25.3 Å². The van der Waals surface area contributed by atoms with Crippen molar-refractivity contribution in [2.45, 2.75) is 25.8 Å². The molecule has 0 aromatic heterocycles. The van der Waals surface area contributed by atoms with Crippen LogP contribution >= 0.6 is 0 Å². The number of hydrogen-bond donors (Lipinski definition) is 1. The number of methoxy groups -OCH3 is 1. The van der Waals surface area contributed by atoms with E-state index in [1.807, 2.05) is 55.1 Å². The van der Waals surface area contributed by atoms with Crippen LogP contribution in [0.1, 0.15) is 30.1 Å². The maximum absolute atomic E-state index is 13.0. The second kappa shape index (κ2) is 8.85. The van der Waals surface area contributed by atoms with Gasteiger partial charge in [0.25, 0.3) is 5.91 Å². The first-order chi connectivity index (χ1) is 11.9. The van der Waals surface area contributed by atoms with Gasteiger partial charge in [-0.15, -0.1) is 0 Å². The summed E-state index contributed by atoms with van der Waals surface area (Å²) < 4.78 is 4.96. The summed E-state index contributed by atoms with van der Waals surface area (Å²) in [5.74, 6) is -0.163. The van der Waals surface area contributed by atoms with Gasteiger partial charge in [-0.25, -0.2) is 0 Å². The standard InChI is InChI=1S/C19H29N3O3/c1-14-8-9-16(18(23)20-10-11-25-4)13-22(14)19(24)15-6-5-7-17(12-15)21(2)3/h5-7,12,14,16H,8-11,13H2,1-4H3,(H,20,23)/t14-,16-/m1/s1. The lowest BCUT2D eigenvalue weighted by Crippen LogP contribution is -2.49. The molecule has 1 aromatic rings. The van der Waals surface area contributed by atoms with Crippen LogP contribution in [0.25, 0.3) is 0 Å². The molecule has 0 saturated carbocycles. The summed E-state index contributed by atoms with van der Waals surface area (Å²) in [5, 5.41) is 2.88. The Morgan fingerprint density at radius 1 is 1.32 bits per heavy atom. The first-order valence-electron chi connectivity index (χ1n) is 8.79. The Kier molecular flexibility index (Phi) is 6.82. The number of carbonyl (C=O) groups is 2. The highest BCUT2D eigenvalue weighted by Crippen LogP contribution is 2.25. The zero-order chi connectivity index (χ0) is 18.4. The van der Waals surface area contributed by atoms with E-state index < -0.39 is 0 Å². The highest BCUT2D eigenvalue weighted by molar-refractivity contribution is 5.96. The lowest BCUT2D eigenvalue weighted by molar-refractivity contribution is -0.126. The lowest BCUT2D eigenvalue weighted by Gasteiger charge is -2.37. The van der Waals surface area contributed by atoms with Crippen LogP contribution in [0.15, 0.2) is 24.3 Å². The number of rotatable bonds is 6. The number of likely N-dealkylation sites (tertiary alicyclic amines) is 1. The van der Waals surface area contributed by atoms with Crippen molar-refractivity contribution in [3.05, 3.63) is 29.8 Å². The fraction of sp³-hybridized carbons (Fsp3) is 0.579. The van der Waals surface area contributed by atoms with E-state index in [-0.39, 0.29) is 23.8 Å². The molecule has 1 aliphatic heterocycles. The largest absolute Gasteiger partial charge is 0.383 e. The summed E-state index contributed by atoms with van der Waals surface area (Å²) in [7, 11) is 5.51. The Morgan fingerprint density at radius 3 is 2.76 bits per heavy atom. The Hall–Kier alpha value is -2.08. The van der Waals surface area contributed by atoms with E-state index >= 15 is 0 Å². The zero-order valence-electron chi connectivity index (χ0n) is 15.6. The highest BCUT2D eigenvalue weighted by Gasteiger charge is 2.33. The topological polar surface area (TPSA) is 61.9 Å². The summed E-state index contributed by atoms with van der Waals surface area (Å²) in [6, 6.07) is 7.74. The molecule has 2 atom stereocenters. The summed E-state index contributed by atoms with van der Waals surface area (Å²) in [6.07, 6.45) is 1.64. The Bertz CT molecular complexity index is 603. The van der Waals surface area contributed by atoms with Gasteiger partial charge >= 0.3 is 0 Å². The SMILES string of the molecule is COCCNC(=O)[C@@H]1CC[C@@H](C)N(C(=O)c2cccc(N(C)C)c2)C1. The van der Waals surface area contributed by atoms with E-state index in [1.54, 1.807) is 7.11 Å². The first-order valence-corrected chi connectivity index (χ1v) is 8.79. The fourth-order valence-electron chi connectivity index (χ4n) is 3.11. The third-order valence-corrected chi connectivity index (χ3v) is 4.73. The van der Waals surface area contributed by atoms with E-state index in [9.17, 15) is 9.59 Å². The van der Waals surface area contributed by atoms with E-state index in [1.165, 1.54) is 0 Å². The number of nitrogens with one attached hydrogen (secondary N) is 1. The number of piperidine rings is 1. The van der Waals surface area contributed by atoms with Gasteiger partial charge in [0, 0.05) is 51.6 Å². The summed E-state index contributed by atoms with van der Waals surface area (Å²) in [4.78, 5) is 29.1. The van der Waals surface area contributed by atoms with Gasteiger partial charge in [0.05, 0.1) is 12.5 Å². The van der Waals surface area contributed by atoms with Crippen molar-refractivity contribution in [1.29, 1.82) is 0 Å². The second-order valence-electron chi connectivity index (χ2n) is 6.81. The van der Waals surface area contributed by atoms with Crippen molar-refractivity contribution >= 4 is 17.5 Å². The number of benzene rings is 1. The molecule has 0 aliphatic carbocycles. The van der Waals surface area contributed by atoms with Gasteiger partial charge in [0.2, 0.25) is 5.91 Å². The molecule has 1 N–H and O–H groups in total. The molecule has 0 spiro atoms. The number of amides is 2. The van der Waals surface area contributed by atoms with Gasteiger partial charge < -0.3 is 19.9 Å². The van der Waals surface area contributed by atoms with E-state index in [0.717, 1.165) is 18.5 Å². The summed E-state index contributed by atoms with van der Waals surface area (Å²) in [5.41, 5.74) is 1.66. The molecular formula is C19H29N3O3. The number of nitrogens with zero attached hydrogens (tertiary/aromatic N) is 2. The average molecular weight is 347 g/mol. The van der Waals surface area contributed by atoms with E-state index in [2.05, 4.69) is 5.32 Å². The van der Waals surface area contributed by atoms with Gasteiger partial charge in [0.15, 0.2) is 0 Å². The molecule has 25 heavy (non-hydrogen) atoms. The maximum atomic E-state index is 13.0.